The second-order valence-corrected chi connectivity index (χ2v) is 7.59. The van der Waals surface area contributed by atoms with Crippen molar-refractivity contribution in [1.29, 1.82) is 0 Å². The first-order valence-corrected chi connectivity index (χ1v) is 9.71. The van der Waals surface area contributed by atoms with Crippen molar-refractivity contribution in [3.05, 3.63) is 83.7 Å². The SMILES string of the molecule is Cc1nc2cnc(C3=CCc4ncc(-c5ccccc5)cc43)cc2n1C(C)C. The first-order chi connectivity index (χ1) is 13.6. The van der Waals surface area contributed by atoms with Gasteiger partial charge in [0.05, 0.1) is 23.1 Å². The molecule has 0 amide bonds. The number of allylic oxidation sites excluding steroid dienone is 1. The molecular weight excluding hydrogens is 344 g/mol. The van der Waals surface area contributed by atoms with Crippen LogP contribution in [-0.2, 0) is 6.42 Å². The summed E-state index contributed by atoms with van der Waals surface area (Å²) in [5, 5.41) is 0. The van der Waals surface area contributed by atoms with Crippen molar-refractivity contribution < 1.29 is 0 Å². The largest absolute Gasteiger partial charge is 0.326 e. The fourth-order valence-corrected chi connectivity index (χ4v) is 4.15. The number of aromatic nitrogens is 4. The van der Waals surface area contributed by atoms with Crippen LogP contribution in [0.3, 0.4) is 0 Å². The van der Waals surface area contributed by atoms with Gasteiger partial charge in [0.15, 0.2) is 0 Å². The number of pyridine rings is 2. The van der Waals surface area contributed by atoms with Crippen molar-refractivity contribution in [2.24, 2.45) is 0 Å². The van der Waals surface area contributed by atoms with Gasteiger partial charge in [-0.2, -0.15) is 0 Å². The second kappa shape index (κ2) is 6.41. The molecule has 0 aliphatic heterocycles. The van der Waals surface area contributed by atoms with E-state index < -0.39 is 0 Å². The number of fused-ring (bicyclic) bond motifs is 2. The van der Waals surface area contributed by atoms with E-state index in [0.29, 0.717) is 6.04 Å². The summed E-state index contributed by atoms with van der Waals surface area (Å²) < 4.78 is 2.27. The van der Waals surface area contributed by atoms with Gasteiger partial charge in [-0.1, -0.05) is 36.4 Å². The lowest BCUT2D eigenvalue weighted by Gasteiger charge is -2.12. The van der Waals surface area contributed by atoms with Crippen LogP contribution in [-0.4, -0.2) is 19.5 Å². The molecule has 28 heavy (non-hydrogen) atoms. The number of benzene rings is 1. The van der Waals surface area contributed by atoms with Gasteiger partial charge in [0.1, 0.15) is 11.3 Å². The zero-order valence-electron chi connectivity index (χ0n) is 16.3. The van der Waals surface area contributed by atoms with Crippen molar-refractivity contribution in [3.63, 3.8) is 0 Å². The standard InChI is InChI=1S/C24H22N4/c1-15(2)28-16(3)27-23-14-26-22(12-24(23)28)19-9-10-21-20(19)11-18(13-25-21)17-7-5-4-6-8-17/h4-9,11-15H,10H2,1-3H3. The van der Waals surface area contributed by atoms with E-state index in [1.54, 1.807) is 0 Å². The van der Waals surface area contributed by atoms with Gasteiger partial charge in [-0.05, 0) is 38.5 Å². The van der Waals surface area contributed by atoms with E-state index in [0.717, 1.165) is 45.8 Å². The molecule has 0 spiro atoms. The van der Waals surface area contributed by atoms with Crippen LogP contribution in [0.15, 0.2) is 60.9 Å². The summed E-state index contributed by atoms with van der Waals surface area (Å²) in [4.78, 5) is 14.1. The Morgan fingerprint density at radius 2 is 1.79 bits per heavy atom. The van der Waals surface area contributed by atoms with Gasteiger partial charge in [-0.3, -0.25) is 9.97 Å². The van der Waals surface area contributed by atoms with E-state index in [9.17, 15) is 0 Å². The zero-order valence-corrected chi connectivity index (χ0v) is 16.3. The highest BCUT2D eigenvalue weighted by atomic mass is 15.1. The smallest absolute Gasteiger partial charge is 0.107 e. The van der Waals surface area contributed by atoms with Crippen LogP contribution in [0.4, 0.5) is 0 Å². The molecule has 4 aromatic rings. The average Bonchev–Trinajstić information content (AvgIpc) is 3.27. The molecule has 0 radical (unpaired) electrons. The van der Waals surface area contributed by atoms with E-state index in [2.05, 4.69) is 72.8 Å². The Kier molecular flexibility index (Phi) is 3.86. The van der Waals surface area contributed by atoms with Crippen LogP contribution in [0.1, 0.15) is 42.7 Å². The topological polar surface area (TPSA) is 43.6 Å². The lowest BCUT2D eigenvalue weighted by atomic mass is 10.0. The van der Waals surface area contributed by atoms with Crippen LogP contribution in [0.25, 0.3) is 27.7 Å². The molecule has 0 fully saturated rings. The molecule has 0 bridgehead atoms. The molecule has 4 heteroatoms. The first kappa shape index (κ1) is 16.9. The molecule has 3 heterocycles. The third-order valence-electron chi connectivity index (χ3n) is 5.41. The minimum absolute atomic E-state index is 0.358. The highest BCUT2D eigenvalue weighted by molar-refractivity contribution is 5.88. The van der Waals surface area contributed by atoms with Gasteiger partial charge in [0.2, 0.25) is 0 Å². The number of imidazole rings is 1. The van der Waals surface area contributed by atoms with Crippen molar-refractivity contribution in [3.8, 4) is 11.1 Å². The molecule has 1 aromatic carbocycles. The lowest BCUT2D eigenvalue weighted by Crippen LogP contribution is -2.03. The summed E-state index contributed by atoms with van der Waals surface area (Å²) in [5.41, 5.74) is 8.85. The van der Waals surface area contributed by atoms with E-state index in [1.165, 1.54) is 11.1 Å². The van der Waals surface area contributed by atoms with Gasteiger partial charge in [0.25, 0.3) is 0 Å². The predicted molar refractivity (Wildman–Crippen MR) is 113 cm³/mol. The third kappa shape index (κ3) is 2.64. The summed E-state index contributed by atoms with van der Waals surface area (Å²) >= 11 is 0. The molecule has 0 N–H and O–H groups in total. The monoisotopic (exact) mass is 366 g/mol. The van der Waals surface area contributed by atoms with E-state index in [1.807, 2.05) is 18.5 Å². The lowest BCUT2D eigenvalue weighted by molar-refractivity contribution is 0.600. The van der Waals surface area contributed by atoms with Crippen LogP contribution >= 0.6 is 0 Å². The fraction of sp³-hybridized carbons (Fsp3) is 0.208. The Balaban J connectivity index is 1.62. The van der Waals surface area contributed by atoms with Gasteiger partial charge < -0.3 is 4.57 Å². The minimum atomic E-state index is 0.358. The first-order valence-electron chi connectivity index (χ1n) is 9.71. The Morgan fingerprint density at radius 1 is 0.964 bits per heavy atom. The number of aryl methyl sites for hydroxylation is 1. The molecular formula is C24H22N4. The van der Waals surface area contributed by atoms with Gasteiger partial charge >= 0.3 is 0 Å². The highest BCUT2D eigenvalue weighted by Crippen LogP contribution is 2.34. The average molecular weight is 366 g/mol. The summed E-state index contributed by atoms with van der Waals surface area (Å²) in [5.74, 6) is 1.03. The maximum absolute atomic E-state index is 4.73. The number of rotatable bonds is 3. The van der Waals surface area contributed by atoms with Gasteiger partial charge in [-0.15, -0.1) is 0 Å². The molecule has 0 unspecified atom stereocenters. The van der Waals surface area contributed by atoms with Crippen LogP contribution in [0.5, 0.6) is 0 Å². The number of hydrogen-bond donors (Lipinski definition) is 0. The maximum Gasteiger partial charge on any atom is 0.107 e. The Labute approximate surface area is 164 Å². The van der Waals surface area contributed by atoms with E-state index in [4.69, 9.17) is 9.97 Å². The molecule has 1 aliphatic rings. The second-order valence-electron chi connectivity index (χ2n) is 7.59. The van der Waals surface area contributed by atoms with Crippen LogP contribution in [0.2, 0.25) is 0 Å². The molecule has 0 saturated carbocycles. The van der Waals surface area contributed by atoms with Crippen molar-refractivity contribution >= 4 is 16.6 Å². The predicted octanol–water partition coefficient (Wildman–Crippen LogP) is 5.37. The molecule has 4 nitrogen and oxygen atoms in total. The van der Waals surface area contributed by atoms with Crippen molar-refractivity contribution in [2.45, 2.75) is 33.2 Å². The Hall–Kier alpha value is -3.27. The highest BCUT2D eigenvalue weighted by Gasteiger charge is 2.20. The molecule has 3 aromatic heterocycles. The summed E-state index contributed by atoms with van der Waals surface area (Å²) in [6.45, 7) is 6.43. The van der Waals surface area contributed by atoms with Crippen molar-refractivity contribution in [2.75, 3.05) is 0 Å². The molecule has 0 saturated heterocycles. The molecule has 138 valence electrons. The van der Waals surface area contributed by atoms with Crippen molar-refractivity contribution in [1.82, 2.24) is 19.5 Å². The quantitative estimate of drug-likeness (QED) is 0.489. The van der Waals surface area contributed by atoms with E-state index in [-0.39, 0.29) is 0 Å². The summed E-state index contributed by atoms with van der Waals surface area (Å²) in [7, 11) is 0. The molecule has 5 rings (SSSR count). The van der Waals surface area contributed by atoms with Crippen LogP contribution < -0.4 is 0 Å². The fourth-order valence-electron chi connectivity index (χ4n) is 4.15. The Morgan fingerprint density at radius 3 is 2.57 bits per heavy atom. The Bertz CT molecular complexity index is 1220. The van der Waals surface area contributed by atoms with E-state index >= 15 is 0 Å². The summed E-state index contributed by atoms with van der Waals surface area (Å²) in [6, 6.07) is 15.2. The van der Waals surface area contributed by atoms with Crippen LogP contribution in [0, 0.1) is 6.92 Å². The molecule has 0 atom stereocenters. The maximum atomic E-state index is 4.73. The minimum Gasteiger partial charge on any atom is -0.326 e. The number of nitrogens with zero attached hydrogens (tertiary/aromatic N) is 4. The summed E-state index contributed by atoms with van der Waals surface area (Å²) in [6.07, 6.45) is 6.95. The van der Waals surface area contributed by atoms with Gasteiger partial charge in [0, 0.05) is 35.4 Å². The normalized spacial score (nSPS) is 13.2. The third-order valence-corrected chi connectivity index (χ3v) is 5.41. The molecule has 1 aliphatic carbocycles. The number of hydrogen-bond acceptors (Lipinski definition) is 3. The zero-order chi connectivity index (χ0) is 19.3. The van der Waals surface area contributed by atoms with Gasteiger partial charge in [-0.25, -0.2) is 4.98 Å².